The minimum Gasteiger partial charge on any atom is -0.481 e. The number of fused-ring (bicyclic) bond motifs is 1. The molecule has 2 N–H and O–H groups in total. The zero-order valence-corrected chi connectivity index (χ0v) is 21.2. The molecular weight excluding hydrogens is 536 g/mol. The summed E-state index contributed by atoms with van der Waals surface area (Å²) in [5, 5.41) is 11.9. The molecule has 1 heterocycles. The molecule has 4 aromatic rings. The largest absolute Gasteiger partial charge is 0.481 e. The van der Waals surface area contributed by atoms with Crippen LogP contribution >= 0.6 is 27.5 Å². The molecular formula is C25H22BrClN4O4. The van der Waals surface area contributed by atoms with Crippen molar-refractivity contribution in [1.82, 2.24) is 14.1 Å². The number of halogens is 2. The normalized spacial score (nSPS) is 13.7. The van der Waals surface area contributed by atoms with Crippen molar-refractivity contribution in [1.29, 1.82) is 0 Å². The lowest BCUT2D eigenvalue weighted by atomic mass is 10.0. The SMILES string of the molecule is C[C@@H](C(=O)O)[C@H](C)n1c(=O)[nH]/c(=N\c2ccc3cc(Br)ccc3c2)n(Cc2ccc(Cl)cc2)c1=O. The molecule has 0 aliphatic rings. The summed E-state index contributed by atoms with van der Waals surface area (Å²) in [4.78, 5) is 45.2. The maximum absolute atomic E-state index is 13.5. The second-order valence-electron chi connectivity index (χ2n) is 8.27. The molecule has 1 aromatic heterocycles. The minimum absolute atomic E-state index is 0.0536. The quantitative estimate of drug-likeness (QED) is 0.364. The van der Waals surface area contributed by atoms with Crippen LogP contribution in [-0.2, 0) is 11.3 Å². The third-order valence-electron chi connectivity index (χ3n) is 5.93. The molecule has 0 fully saturated rings. The van der Waals surface area contributed by atoms with Gasteiger partial charge in [0.05, 0.1) is 24.2 Å². The van der Waals surface area contributed by atoms with Gasteiger partial charge in [-0.05, 0) is 66.6 Å². The molecule has 35 heavy (non-hydrogen) atoms. The highest BCUT2D eigenvalue weighted by Gasteiger charge is 2.25. The molecule has 0 aliphatic heterocycles. The summed E-state index contributed by atoms with van der Waals surface area (Å²) in [7, 11) is 0. The van der Waals surface area contributed by atoms with Gasteiger partial charge in [-0.15, -0.1) is 0 Å². The van der Waals surface area contributed by atoms with E-state index in [1.54, 1.807) is 30.3 Å². The molecule has 0 aliphatic carbocycles. The summed E-state index contributed by atoms with van der Waals surface area (Å²) in [6.45, 7) is 3.08. The Hall–Kier alpha value is -3.43. The second kappa shape index (κ2) is 10.1. The molecule has 8 nitrogen and oxygen atoms in total. The summed E-state index contributed by atoms with van der Waals surface area (Å²) in [5.74, 6) is -2.06. The van der Waals surface area contributed by atoms with E-state index in [-0.39, 0.29) is 12.2 Å². The van der Waals surface area contributed by atoms with E-state index in [1.807, 2.05) is 30.3 Å². The zero-order chi connectivity index (χ0) is 25.3. The van der Waals surface area contributed by atoms with Gasteiger partial charge in [0.15, 0.2) is 0 Å². The maximum atomic E-state index is 13.5. The fourth-order valence-electron chi connectivity index (χ4n) is 3.72. The lowest BCUT2D eigenvalue weighted by molar-refractivity contribution is -0.142. The topological polar surface area (TPSA) is 109 Å². The van der Waals surface area contributed by atoms with Crippen LogP contribution in [0.3, 0.4) is 0 Å². The lowest BCUT2D eigenvalue weighted by Gasteiger charge is -2.19. The van der Waals surface area contributed by atoms with E-state index in [9.17, 15) is 19.5 Å². The Kier molecular flexibility index (Phi) is 7.09. The summed E-state index contributed by atoms with van der Waals surface area (Å²) < 4.78 is 3.20. The van der Waals surface area contributed by atoms with Crippen LogP contribution in [0.1, 0.15) is 25.5 Å². The number of benzene rings is 3. The van der Waals surface area contributed by atoms with Crippen LogP contribution in [0.5, 0.6) is 0 Å². The first-order chi connectivity index (χ1) is 16.6. The molecule has 10 heteroatoms. The smallest absolute Gasteiger partial charge is 0.335 e. The molecule has 3 aromatic carbocycles. The highest BCUT2D eigenvalue weighted by molar-refractivity contribution is 9.10. The minimum atomic E-state index is -1.11. The molecule has 0 radical (unpaired) electrons. The summed E-state index contributed by atoms with van der Waals surface area (Å²) in [6, 6.07) is 17.4. The first-order valence-electron chi connectivity index (χ1n) is 10.8. The van der Waals surface area contributed by atoms with Gasteiger partial charge in [-0.2, -0.15) is 0 Å². The van der Waals surface area contributed by atoms with Gasteiger partial charge in [-0.25, -0.2) is 19.1 Å². The first-order valence-corrected chi connectivity index (χ1v) is 12.0. The van der Waals surface area contributed by atoms with E-state index in [1.165, 1.54) is 18.4 Å². The number of aromatic amines is 1. The van der Waals surface area contributed by atoms with Crippen molar-refractivity contribution in [2.24, 2.45) is 10.9 Å². The monoisotopic (exact) mass is 556 g/mol. The van der Waals surface area contributed by atoms with Gasteiger partial charge >= 0.3 is 17.3 Å². The molecule has 0 spiro atoms. The van der Waals surface area contributed by atoms with Gasteiger partial charge in [-0.1, -0.05) is 51.8 Å². The number of nitrogens with one attached hydrogen (secondary N) is 1. The lowest BCUT2D eigenvalue weighted by Crippen LogP contribution is -2.52. The molecule has 180 valence electrons. The number of carbonyl (C=O) groups is 1. The fraction of sp³-hybridized carbons (Fsp3) is 0.200. The molecule has 0 amide bonds. The van der Waals surface area contributed by atoms with E-state index in [0.717, 1.165) is 25.4 Å². The van der Waals surface area contributed by atoms with Gasteiger partial charge in [0.1, 0.15) is 0 Å². The van der Waals surface area contributed by atoms with Gasteiger partial charge in [0.25, 0.3) is 0 Å². The Morgan fingerprint density at radius 1 is 1.06 bits per heavy atom. The van der Waals surface area contributed by atoms with Crippen molar-refractivity contribution < 1.29 is 9.90 Å². The number of H-pyrrole nitrogens is 1. The molecule has 4 rings (SSSR count). The van der Waals surface area contributed by atoms with E-state index in [0.29, 0.717) is 10.7 Å². The van der Waals surface area contributed by atoms with Gasteiger partial charge < -0.3 is 5.11 Å². The fourth-order valence-corrected chi connectivity index (χ4v) is 4.22. The molecule has 2 atom stereocenters. The third kappa shape index (κ3) is 5.31. The summed E-state index contributed by atoms with van der Waals surface area (Å²) in [5.41, 5.74) is -0.0321. The van der Waals surface area contributed by atoms with Crippen LogP contribution in [0.4, 0.5) is 5.69 Å². The molecule has 0 unspecified atom stereocenters. The Morgan fingerprint density at radius 3 is 2.40 bits per heavy atom. The van der Waals surface area contributed by atoms with E-state index >= 15 is 0 Å². The third-order valence-corrected chi connectivity index (χ3v) is 6.67. The number of carboxylic acid groups (broad SMARTS) is 1. The highest BCUT2D eigenvalue weighted by atomic mass is 79.9. The van der Waals surface area contributed by atoms with Crippen LogP contribution in [0, 0.1) is 5.92 Å². The van der Waals surface area contributed by atoms with Crippen molar-refractivity contribution in [2.75, 3.05) is 0 Å². The van der Waals surface area contributed by atoms with Gasteiger partial charge in [0.2, 0.25) is 5.62 Å². The maximum Gasteiger partial charge on any atom is 0.335 e. The van der Waals surface area contributed by atoms with E-state index < -0.39 is 29.3 Å². The van der Waals surface area contributed by atoms with Gasteiger partial charge in [0, 0.05) is 9.50 Å². The van der Waals surface area contributed by atoms with Crippen molar-refractivity contribution in [3.8, 4) is 0 Å². The molecule has 0 bridgehead atoms. The number of hydrogen-bond acceptors (Lipinski definition) is 4. The average molecular weight is 558 g/mol. The Bertz CT molecular complexity index is 1610. The Morgan fingerprint density at radius 2 is 1.71 bits per heavy atom. The van der Waals surface area contributed by atoms with Gasteiger partial charge in [-0.3, -0.25) is 14.3 Å². The number of aliphatic carboxylic acids is 1. The van der Waals surface area contributed by atoms with Crippen molar-refractivity contribution in [3.05, 3.63) is 102 Å². The predicted octanol–water partition coefficient (Wildman–Crippen LogP) is 4.47. The number of hydrogen-bond donors (Lipinski definition) is 2. The zero-order valence-electron chi connectivity index (χ0n) is 18.9. The highest BCUT2D eigenvalue weighted by Crippen LogP contribution is 2.24. The van der Waals surface area contributed by atoms with Crippen molar-refractivity contribution in [2.45, 2.75) is 26.4 Å². The standard InChI is InChI=1S/C25H22BrClN4O4/c1-14(22(32)33)15(2)31-24(34)29-23(30(25(31)35)13-16-3-8-20(27)9-4-16)28-21-10-6-17-11-19(26)7-5-18(17)12-21/h3-12,14-15H,13H2,1-2H3,(H,32,33)(H,28,29,34)/t14-,15+/m1/s1. The first kappa shape index (κ1) is 24.7. The Balaban J connectivity index is 1.92. The van der Waals surface area contributed by atoms with E-state index in [4.69, 9.17) is 11.6 Å². The molecule has 0 saturated heterocycles. The van der Waals surface area contributed by atoms with Crippen molar-refractivity contribution in [3.63, 3.8) is 0 Å². The van der Waals surface area contributed by atoms with Crippen LogP contribution in [-0.4, -0.2) is 25.2 Å². The summed E-state index contributed by atoms with van der Waals surface area (Å²) >= 11 is 9.45. The number of aromatic nitrogens is 3. The van der Waals surface area contributed by atoms with Crippen LogP contribution in [0.15, 0.2) is 79.7 Å². The Labute approximate surface area is 213 Å². The number of nitrogens with zero attached hydrogens (tertiary/aromatic N) is 3. The van der Waals surface area contributed by atoms with Crippen LogP contribution in [0.25, 0.3) is 10.8 Å². The van der Waals surface area contributed by atoms with Crippen LogP contribution in [0.2, 0.25) is 5.02 Å². The second-order valence-corrected chi connectivity index (χ2v) is 9.63. The van der Waals surface area contributed by atoms with Crippen LogP contribution < -0.4 is 17.0 Å². The predicted molar refractivity (Wildman–Crippen MR) is 138 cm³/mol. The molecule has 0 saturated carbocycles. The summed E-state index contributed by atoms with van der Waals surface area (Å²) in [6.07, 6.45) is 0. The number of carboxylic acids is 1. The number of rotatable bonds is 6. The average Bonchev–Trinajstić information content (AvgIpc) is 2.82. The van der Waals surface area contributed by atoms with E-state index in [2.05, 4.69) is 25.9 Å². The van der Waals surface area contributed by atoms with Crippen molar-refractivity contribution >= 4 is 50.0 Å².